The van der Waals surface area contributed by atoms with Crippen LogP contribution in [-0.2, 0) is 0 Å². The Balaban J connectivity index is 0.912. The van der Waals surface area contributed by atoms with Crippen molar-refractivity contribution < 1.29 is 0 Å². The van der Waals surface area contributed by atoms with Gasteiger partial charge in [-0.1, -0.05) is 133 Å². The van der Waals surface area contributed by atoms with Gasteiger partial charge in [-0.15, -0.1) is 0 Å². The number of benzene rings is 8. The van der Waals surface area contributed by atoms with Gasteiger partial charge in [0.15, 0.2) is 34.9 Å². The molecule has 6 heterocycles. The van der Waals surface area contributed by atoms with Crippen molar-refractivity contribution in [3.8, 4) is 113 Å². The minimum atomic E-state index is 0.575. The molecule has 76 heavy (non-hydrogen) atoms. The molecule has 0 N–H and O–H groups in total. The van der Waals surface area contributed by atoms with Gasteiger partial charge in [0.05, 0.1) is 0 Å². The normalized spacial score (nSPS) is 11.4. The minimum absolute atomic E-state index is 0.575. The molecule has 0 aliphatic heterocycles. The summed E-state index contributed by atoms with van der Waals surface area (Å²) in [5.41, 5.74) is 14.0. The van der Waals surface area contributed by atoms with Crippen molar-refractivity contribution in [3.63, 3.8) is 0 Å². The van der Waals surface area contributed by atoms with E-state index in [0.29, 0.717) is 34.9 Å². The van der Waals surface area contributed by atoms with Crippen molar-refractivity contribution >= 4 is 32.3 Å². The third-order valence-electron chi connectivity index (χ3n) is 14.0. The first kappa shape index (κ1) is 44.1. The molecule has 0 spiro atoms. The van der Waals surface area contributed by atoms with Gasteiger partial charge in [0.1, 0.15) is 0 Å². The van der Waals surface area contributed by atoms with Gasteiger partial charge in [-0.3, -0.25) is 19.9 Å². The summed E-state index contributed by atoms with van der Waals surface area (Å²) in [5, 5.41) is 6.46. The van der Waals surface area contributed by atoms with Crippen molar-refractivity contribution in [2.45, 2.75) is 0 Å². The van der Waals surface area contributed by atoms with E-state index in [1.807, 2.05) is 48.5 Å². The molecule has 0 saturated heterocycles. The second-order valence-electron chi connectivity index (χ2n) is 18.5. The second kappa shape index (κ2) is 18.8. The molecule has 10 nitrogen and oxygen atoms in total. The van der Waals surface area contributed by atoms with E-state index >= 15 is 0 Å². The van der Waals surface area contributed by atoms with Crippen LogP contribution in [-0.4, -0.2) is 49.8 Å². The van der Waals surface area contributed by atoms with E-state index in [1.165, 1.54) is 0 Å². The summed E-state index contributed by atoms with van der Waals surface area (Å²) in [4.78, 5) is 48.2. The molecule has 6 aromatic heterocycles. The number of hydrogen-bond donors (Lipinski definition) is 0. The molecule has 0 aliphatic carbocycles. The molecule has 0 bridgehead atoms. The predicted octanol–water partition coefficient (Wildman–Crippen LogP) is 15.2. The van der Waals surface area contributed by atoms with Crippen molar-refractivity contribution in [1.82, 2.24) is 49.8 Å². The molecule has 0 saturated carbocycles. The third-order valence-corrected chi connectivity index (χ3v) is 14.0. The Hall–Kier alpha value is -10.6. The van der Waals surface area contributed by atoms with Crippen LogP contribution in [0.15, 0.2) is 244 Å². The van der Waals surface area contributed by atoms with Crippen LogP contribution in [0.2, 0.25) is 0 Å². The maximum absolute atomic E-state index is 5.26. The molecule has 10 heteroatoms. The Morgan fingerprint density at radius 1 is 0.171 bits per heavy atom. The maximum Gasteiger partial charge on any atom is 0.164 e. The summed E-state index contributed by atoms with van der Waals surface area (Å²) in [5.74, 6) is 3.46. The molecule has 0 amide bonds. The Bertz CT molecular complexity index is 3900. The quantitative estimate of drug-likeness (QED) is 0.122. The molecule has 0 aliphatic rings. The van der Waals surface area contributed by atoms with Gasteiger partial charge in [0.25, 0.3) is 0 Å². The third kappa shape index (κ3) is 8.22. The van der Waals surface area contributed by atoms with Crippen molar-refractivity contribution in [2.75, 3.05) is 0 Å². The highest BCUT2D eigenvalue weighted by atomic mass is 15.0. The van der Waals surface area contributed by atoms with E-state index < -0.39 is 0 Å². The Labute approximate surface area is 436 Å². The van der Waals surface area contributed by atoms with E-state index in [2.05, 4.69) is 166 Å². The van der Waals surface area contributed by atoms with Gasteiger partial charge in [-0.05, 0) is 137 Å². The average Bonchev–Trinajstić information content (AvgIpc) is 3.59. The topological polar surface area (TPSA) is 129 Å². The fourth-order valence-electron chi connectivity index (χ4n) is 10.1. The Morgan fingerprint density at radius 2 is 0.382 bits per heavy atom. The Kier molecular flexibility index (Phi) is 10.9. The number of aromatic nitrogens is 10. The van der Waals surface area contributed by atoms with E-state index in [9.17, 15) is 0 Å². The van der Waals surface area contributed by atoms with Gasteiger partial charge in [0.2, 0.25) is 0 Å². The molecular weight excluding hydrogens is 933 g/mol. The van der Waals surface area contributed by atoms with Crippen LogP contribution in [0.1, 0.15) is 0 Å². The van der Waals surface area contributed by atoms with Gasteiger partial charge < -0.3 is 0 Å². The van der Waals surface area contributed by atoms with Gasteiger partial charge >= 0.3 is 0 Å². The van der Waals surface area contributed by atoms with E-state index in [-0.39, 0.29) is 0 Å². The summed E-state index contributed by atoms with van der Waals surface area (Å²) in [6, 6.07) is 66.8. The lowest BCUT2D eigenvalue weighted by Gasteiger charge is -2.16. The summed E-state index contributed by atoms with van der Waals surface area (Å²) < 4.78 is 0. The smallest absolute Gasteiger partial charge is 0.164 e. The zero-order valence-electron chi connectivity index (χ0n) is 40.6. The van der Waals surface area contributed by atoms with Crippen LogP contribution in [0.5, 0.6) is 0 Å². The molecule has 354 valence electrons. The SMILES string of the molecule is c1cc(-c2ccc(-c3nc(-c4ccc(-c5ccncc5)cc4)nc(-c4ccc5ccc6c(-c7nc(-c8ccc(-c9ccncc9)cc8)nc(-c8ccc(-c9ccncc9)cc8)n7)ccc7ccc4c5c76)n3)cc2)ccn1. The van der Waals surface area contributed by atoms with Crippen LogP contribution in [0, 0.1) is 0 Å². The molecule has 14 rings (SSSR count). The highest BCUT2D eigenvalue weighted by Gasteiger charge is 2.21. The fourth-order valence-corrected chi connectivity index (χ4v) is 10.1. The molecule has 0 unspecified atom stereocenters. The first-order valence-corrected chi connectivity index (χ1v) is 24.9. The van der Waals surface area contributed by atoms with Crippen LogP contribution in [0.25, 0.3) is 145 Å². The highest BCUT2D eigenvalue weighted by molar-refractivity contribution is 6.27. The first-order chi connectivity index (χ1) is 37.6. The number of pyridine rings is 4. The molecular formula is C66H40N10. The Morgan fingerprint density at radius 3 is 0.645 bits per heavy atom. The number of rotatable bonds is 10. The monoisotopic (exact) mass is 972 g/mol. The number of nitrogens with zero attached hydrogens (tertiary/aromatic N) is 10. The average molecular weight is 973 g/mol. The van der Waals surface area contributed by atoms with Gasteiger partial charge in [-0.25, -0.2) is 29.9 Å². The minimum Gasteiger partial charge on any atom is -0.265 e. The van der Waals surface area contributed by atoms with Crippen LogP contribution in [0.4, 0.5) is 0 Å². The van der Waals surface area contributed by atoms with Crippen molar-refractivity contribution in [2.24, 2.45) is 0 Å². The highest BCUT2D eigenvalue weighted by Crippen LogP contribution is 2.43. The lowest BCUT2D eigenvalue weighted by Crippen LogP contribution is -2.01. The van der Waals surface area contributed by atoms with Gasteiger partial charge in [-0.2, -0.15) is 0 Å². The molecule has 0 atom stereocenters. The molecule has 8 aromatic carbocycles. The van der Waals surface area contributed by atoms with Crippen LogP contribution >= 0.6 is 0 Å². The lowest BCUT2D eigenvalue weighted by molar-refractivity contribution is 1.08. The summed E-state index contributed by atoms with van der Waals surface area (Å²) in [6.07, 6.45) is 14.5. The van der Waals surface area contributed by atoms with Gasteiger partial charge in [0, 0.05) is 83.0 Å². The van der Waals surface area contributed by atoms with Crippen molar-refractivity contribution in [3.05, 3.63) is 244 Å². The zero-order valence-corrected chi connectivity index (χ0v) is 40.6. The standard InChI is InChI=1S/C66H40N10/c1-9-51(10-2-41(1)45-25-33-67-34-26-45)61-71-62(52-11-3-42(4-12-52)46-27-35-68-36-28-46)74-65(73-61)57-23-19-49-18-22-56-58(24-20-50-17-21-55(57)59(49)60(50)56)66-75-63(53-13-5-43(6-14-53)47-29-37-69-38-30-47)72-64(76-66)54-15-7-44(8-16-54)48-31-39-70-40-32-48/h1-40H. The predicted molar refractivity (Wildman–Crippen MR) is 302 cm³/mol. The van der Waals surface area contributed by atoms with Crippen LogP contribution in [0.3, 0.4) is 0 Å². The second-order valence-corrected chi connectivity index (χ2v) is 18.5. The van der Waals surface area contributed by atoms with E-state index in [1.54, 1.807) is 49.6 Å². The van der Waals surface area contributed by atoms with E-state index in [4.69, 9.17) is 29.9 Å². The molecule has 14 aromatic rings. The van der Waals surface area contributed by atoms with E-state index in [0.717, 1.165) is 110 Å². The summed E-state index contributed by atoms with van der Waals surface area (Å²) in [6.45, 7) is 0. The fraction of sp³-hybridized carbons (Fsp3) is 0. The van der Waals surface area contributed by atoms with Crippen molar-refractivity contribution in [1.29, 1.82) is 0 Å². The van der Waals surface area contributed by atoms with Crippen LogP contribution < -0.4 is 0 Å². The summed E-state index contributed by atoms with van der Waals surface area (Å²) in [7, 11) is 0. The first-order valence-electron chi connectivity index (χ1n) is 24.9. The lowest BCUT2D eigenvalue weighted by atomic mass is 9.89. The molecule has 0 radical (unpaired) electrons. The number of hydrogen-bond acceptors (Lipinski definition) is 10. The zero-order chi connectivity index (χ0) is 50.4. The largest absolute Gasteiger partial charge is 0.265 e. The molecule has 0 fully saturated rings. The maximum atomic E-state index is 5.26. The summed E-state index contributed by atoms with van der Waals surface area (Å²) >= 11 is 0.